The van der Waals surface area contributed by atoms with E-state index < -0.39 is 11.9 Å². The van der Waals surface area contributed by atoms with Crippen LogP contribution in [0.3, 0.4) is 0 Å². The fourth-order valence-electron chi connectivity index (χ4n) is 1.75. The van der Waals surface area contributed by atoms with Gasteiger partial charge in [0, 0.05) is 5.56 Å². The Morgan fingerprint density at radius 3 is 2.70 bits per heavy atom. The predicted molar refractivity (Wildman–Crippen MR) is 70.3 cm³/mol. The van der Waals surface area contributed by atoms with Crippen molar-refractivity contribution >= 4 is 5.97 Å². The van der Waals surface area contributed by atoms with Crippen LogP contribution in [0.1, 0.15) is 18.2 Å². The first kappa shape index (κ1) is 14.0. The van der Waals surface area contributed by atoms with Crippen molar-refractivity contribution in [2.75, 3.05) is 13.7 Å². The van der Waals surface area contributed by atoms with Crippen LogP contribution in [0.5, 0.6) is 5.75 Å². The lowest BCUT2D eigenvalue weighted by Gasteiger charge is -2.04. The highest BCUT2D eigenvalue weighted by Gasteiger charge is 2.25. The monoisotopic (exact) mass is 277 g/mol. The molecular weight excluding hydrogens is 262 g/mol. The van der Waals surface area contributed by atoms with Crippen LogP contribution in [0, 0.1) is 0 Å². The molecule has 106 valence electrons. The fourth-order valence-corrected chi connectivity index (χ4v) is 1.75. The van der Waals surface area contributed by atoms with Gasteiger partial charge in [-0.3, -0.25) is 4.79 Å². The van der Waals surface area contributed by atoms with E-state index in [4.69, 9.17) is 20.1 Å². The van der Waals surface area contributed by atoms with Gasteiger partial charge in [0.1, 0.15) is 11.7 Å². The summed E-state index contributed by atoms with van der Waals surface area (Å²) in [4.78, 5) is 15.2. The molecule has 1 atom stereocenters. The number of hydrogen-bond donors (Lipinski definition) is 2. The molecule has 0 aliphatic carbocycles. The summed E-state index contributed by atoms with van der Waals surface area (Å²) < 4.78 is 10.1. The summed E-state index contributed by atoms with van der Waals surface area (Å²) >= 11 is 0. The average molecular weight is 277 g/mol. The summed E-state index contributed by atoms with van der Waals surface area (Å²) in [6.45, 7) is 0.233. The van der Waals surface area contributed by atoms with Crippen LogP contribution in [-0.4, -0.2) is 34.9 Å². The highest BCUT2D eigenvalue weighted by molar-refractivity contribution is 5.74. The Hall–Kier alpha value is -2.41. The number of carboxylic acid groups (broad SMARTS) is 1. The molecule has 7 heteroatoms. The summed E-state index contributed by atoms with van der Waals surface area (Å²) in [7, 11) is 1.58. The largest absolute Gasteiger partial charge is 0.497 e. The van der Waals surface area contributed by atoms with Crippen LogP contribution in [0.4, 0.5) is 0 Å². The van der Waals surface area contributed by atoms with E-state index in [1.165, 1.54) is 0 Å². The fraction of sp³-hybridized carbons (Fsp3) is 0.308. The number of benzene rings is 1. The molecule has 3 N–H and O–H groups in total. The molecule has 1 aromatic carbocycles. The van der Waals surface area contributed by atoms with Crippen molar-refractivity contribution in [3.63, 3.8) is 0 Å². The van der Waals surface area contributed by atoms with E-state index in [1.54, 1.807) is 31.4 Å². The van der Waals surface area contributed by atoms with Crippen molar-refractivity contribution in [2.45, 2.75) is 12.3 Å². The maximum atomic E-state index is 11.1. The molecule has 0 saturated heterocycles. The minimum atomic E-state index is -1.03. The van der Waals surface area contributed by atoms with Crippen molar-refractivity contribution < 1.29 is 19.2 Å². The van der Waals surface area contributed by atoms with Crippen molar-refractivity contribution in [3.8, 4) is 17.1 Å². The molecule has 2 rings (SSSR count). The molecule has 1 unspecified atom stereocenters. The molecule has 1 aromatic heterocycles. The van der Waals surface area contributed by atoms with Gasteiger partial charge in [0.2, 0.25) is 11.7 Å². The van der Waals surface area contributed by atoms with Gasteiger partial charge < -0.3 is 20.1 Å². The molecule has 7 nitrogen and oxygen atoms in total. The van der Waals surface area contributed by atoms with Crippen molar-refractivity contribution in [1.29, 1.82) is 0 Å². The van der Waals surface area contributed by atoms with E-state index in [9.17, 15) is 4.79 Å². The maximum absolute atomic E-state index is 11.1. The standard InChI is InChI=1S/C13H15N3O4/c1-19-9-4-2-8(3-5-9)11-15-12(20-16-11)10(6-7-14)13(17)18/h2-5,10H,6-7,14H2,1H3,(H,17,18). The first-order valence-corrected chi connectivity index (χ1v) is 6.06. The molecule has 20 heavy (non-hydrogen) atoms. The molecule has 2 aromatic rings. The Morgan fingerprint density at radius 2 is 2.15 bits per heavy atom. The zero-order chi connectivity index (χ0) is 14.5. The molecule has 1 heterocycles. The van der Waals surface area contributed by atoms with E-state index in [-0.39, 0.29) is 18.9 Å². The molecule has 0 aliphatic heterocycles. The smallest absolute Gasteiger partial charge is 0.316 e. The van der Waals surface area contributed by atoms with Crippen LogP contribution in [0.25, 0.3) is 11.4 Å². The Labute approximate surface area is 115 Å². The van der Waals surface area contributed by atoms with Crippen LogP contribution in [0.2, 0.25) is 0 Å². The van der Waals surface area contributed by atoms with E-state index in [0.717, 1.165) is 5.56 Å². The number of carboxylic acids is 1. The lowest BCUT2D eigenvalue weighted by molar-refractivity contribution is -0.139. The highest BCUT2D eigenvalue weighted by Crippen LogP contribution is 2.23. The second kappa shape index (κ2) is 6.16. The van der Waals surface area contributed by atoms with E-state index in [2.05, 4.69) is 10.1 Å². The summed E-state index contributed by atoms with van der Waals surface area (Å²) in [6, 6.07) is 7.07. The minimum absolute atomic E-state index is 0.0637. The first-order valence-electron chi connectivity index (χ1n) is 6.06. The molecule has 0 saturated carbocycles. The number of hydrogen-bond acceptors (Lipinski definition) is 6. The number of aromatic nitrogens is 2. The summed E-state index contributed by atoms with van der Waals surface area (Å²) in [6.07, 6.45) is 0.250. The lowest BCUT2D eigenvalue weighted by atomic mass is 10.1. The molecule has 0 bridgehead atoms. The quantitative estimate of drug-likeness (QED) is 0.817. The molecular formula is C13H15N3O4. The molecule has 0 spiro atoms. The Bertz CT molecular complexity index is 580. The van der Waals surface area contributed by atoms with Gasteiger partial charge in [-0.05, 0) is 37.2 Å². The molecule has 0 fully saturated rings. The number of carbonyl (C=O) groups is 1. The molecule has 0 amide bonds. The van der Waals surface area contributed by atoms with E-state index in [1.807, 2.05) is 0 Å². The topological polar surface area (TPSA) is 111 Å². The van der Waals surface area contributed by atoms with Gasteiger partial charge in [-0.1, -0.05) is 5.16 Å². The third-order valence-corrected chi connectivity index (χ3v) is 2.84. The zero-order valence-corrected chi connectivity index (χ0v) is 10.9. The maximum Gasteiger partial charge on any atom is 0.316 e. The normalized spacial score (nSPS) is 12.1. The summed E-state index contributed by atoms with van der Waals surface area (Å²) in [5.74, 6) is -0.788. The van der Waals surface area contributed by atoms with Gasteiger partial charge in [-0.2, -0.15) is 4.98 Å². The minimum Gasteiger partial charge on any atom is -0.497 e. The number of nitrogens with two attached hydrogens (primary N) is 1. The molecule has 0 aliphatic rings. The third-order valence-electron chi connectivity index (χ3n) is 2.84. The van der Waals surface area contributed by atoms with Crippen LogP contribution in [0.15, 0.2) is 28.8 Å². The first-order chi connectivity index (χ1) is 9.65. The van der Waals surface area contributed by atoms with Gasteiger partial charge in [0.05, 0.1) is 7.11 Å². The van der Waals surface area contributed by atoms with Crippen LogP contribution in [-0.2, 0) is 4.79 Å². The number of nitrogens with zero attached hydrogens (tertiary/aromatic N) is 2. The number of ether oxygens (including phenoxy) is 1. The van der Waals surface area contributed by atoms with Crippen LogP contribution >= 0.6 is 0 Å². The van der Waals surface area contributed by atoms with Crippen molar-refractivity contribution in [1.82, 2.24) is 10.1 Å². The Morgan fingerprint density at radius 1 is 1.45 bits per heavy atom. The lowest BCUT2D eigenvalue weighted by Crippen LogP contribution is -2.16. The zero-order valence-electron chi connectivity index (χ0n) is 10.9. The highest BCUT2D eigenvalue weighted by atomic mass is 16.5. The van der Waals surface area contributed by atoms with Gasteiger partial charge in [-0.25, -0.2) is 0 Å². The summed E-state index contributed by atoms with van der Waals surface area (Å²) in [5.41, 5.74) is 6.11. The van der Waals surface area contributed by atoms with Crippen molar-refractivity contribution in [2.24, 2.45) is 5.73 Å². The van der Waals surface area contributed by atoms with Crippen LogP contribution < -0.4 is 10.5 Å². The second-order valence-corrected chi connectivity index (χ2v) is 4.15. The summed E-state index contributed by atoms with van der Waals surface area (Å²) in [5, 5.41) is 12.9. The SMILES string of the molecule is COc1ccc(-c2noc(C(CCN)C(=O)O)n2)cc1. The number of rotatable bonds is 6. The van der Waals surface area contributed by atoms with Gasteiger partial charge in [0.25, 0.3) is 0 Å². The third kappa shape index (κ3) is 2.94. The number of aliphatic carboxylic acids is 1. The Balaban J connectivity index is 2.24. The van der Waals surface area contributed by atoms with Gasteiger partial charge in [-0.15, -0.1) is 0 Å². The van der Waals surface area contributed by atoms with Crippen molar-refractivity contribution in [3.05, 3.63) is 30.2 Å². The second-order valence-electron chi connectivity index (χ2n) is 4.15. The Kier molecular flexibility index (Phi) is 4.31. The molecule has 0 radical (unpaired) electrons. The van der Waals surface area contributed by atoms with E-state index in [0.29, 0.717) is 11.6 Å². The van der Waals surface area contributed by atoms with E-state index >= 15 is 0 Å². The predicted octanol–water partition coefficient (Wildman–Crippen LogP) is 1.26. The van der Waals surface area contributed by atoms with Gasteiger partial charge >= 0.3 is 5.97 Å². The number of methoxy groups -OCH3 is 1. The average Bonchev–Trinajstić information content (AvgIpc) is 2.94. The van der Waals surface area contributed by atoms with Gasteiger partial charge in [0.15, 0.2) is 0 Å².